The van der Waals surface area contributed by atoms with E-state index in [1.807, 2.05) is 0 Å². The van der Waals surface area contributed by atoms with Crippen LogP contribution in [0.1, 0.15) is 45.4 Å². The third-order valence-corrected chi connectivity index (χ3v) is 6.09. The van der Waals surface area contributed by atoms with Gasteiger partial charge in [0.2, 0.25) is 0 Å². The maximum Gasteiger partial charge on any atom is 0.0174 e. The van der Waals surface area contributed by atoms with Crippen LogP contribution >= 0.6 is 0 Å². The van der Waals surface area contributed by atoms with Crippen LogP contribution in [-0.4, -0.2) is 60.6 Å². The van der Waals surface area contributed by atoms with Gasteiger partial charge < -0.3 is 15.1 Å². The number of piperidine rings is 2. The lowest BCUT2D eigenvalue weighted by atomic mass is 9.87. The summed E-state index contributed by atoms with van der Waals surface area (Å²) in [7, 11) is 4.46. The molecule has 3 fully saturated rings. The predicted octanol–water partition coefficient (Wildman–Crippen LogP) is 1.69. The van der Waals surface area contributed by atoms with Crippen molar-refractivity contribution in [3.05, 3.63) is 0 Å². The highest BCUT2D eigenvalue weighted by Gasteiger charge is 2.41. The van der Waals surface area contributed by atoms with E-state index in [1.54, 1.807) is 0 Å². The Hall–Kier alpha value is -0.120. The monoisotopic (exact) mass is 251 g/mol. The zero-order valence-electron chi connectivity index (χ0n) is 12.3. The molecule has 0 saturated carbocycles. The largest absolute Gasteiger partial charge is 0.314 e. The summed E-state index contributed by atoms with van der Waals surface area (Å²) in [5, 5.41) is 3.51. The van der Waals surface area contributed by atoms with Gasteiger partial charge in [0.15, 0.2) is 0 Å². The summed E-state index contributed by atoms with van der Waals surface area (Å²) in [6.45, 7) is 4.97. The Balaban J connectivity index is 1.58. The predicted molar refractivity (Wildman–Crippen MR) is 75.9 cm³/mol. The summed E-state index contributed by atoms with van der Waals surface area (Å²) < 4.78 is 0. The minimum atomic E-state index is 0.390. The maximum atomic E-state index is 3.51. The lowest BCUT2D eigenvalue weighted by Crippen LogP contribution is -2.55. The molecular weight excluding hydrogens is 222 g/mol. The molecule has 3 rings (SSSR count). The van der Waals surface area contributed by atoms with E-state index in [4.69, 9.17) is 0 Å². The van der Waals surface area contributed by atoms with Crippen LogP contribution in [0.4, 0.5) is 0 Å². The molecule has 3 heterocycles. The van der Waals surface area contributed by atoms with Crippen molar-refractivity contribution in [1.82, 2.24) is 15.1 Å². The first-order chi connectivity index (χ1) is 8.61. The molecule has 104 valence electrons. The molecule has 3 aliphatic heterocycles. The molecule has 3 heteroatoms. The van der Waals surface area contributed by atoms with E-state index in [2.05, 4.69) is 36.1 Å². The van der Waals surface area contributed by atoms with Gasteiger partial charge in [0.1, 0.15) is 0 Å². The number of likely N-dealkylation sites (tertiary alicyclic amines) is 1. The number of fused-ring (bicyclic) bond motifs is 2. The first kappa shape index (κ1) is 12.9. The Bertz CT molecular complexity index is 282. The highest BCUT2D eigenvalue weighted by molar-refractivity contribution is 4.99. The normalized spacial score (nSPS) is 41.2. The van der Waals surface area contributed by atoms with Crippen molar-refractivity contribution in [3.63, 3.8) is 0 Å². The van der Waals surface area contributed by atoms with Crippen LogP contribution in [0.2, 0.25) is 0 Å². The fourth-order valence-electron chi connectivity index (χ4n) is 4.31. The van der Waals surface area contributed by atoms with Gasteiger partial charge in [0.05, 0.1) is 0 Å². The Morgan fingerprint density at radius 3 is 2.06 bits per heavy atom. The minimum Gasteiger partial charge on any atom is -0.314 e. The second-order valence-electron chi connectivity index (χ2n) is 7.02. The van der Waals surface area contributed by atoms with Gasteiger partial charge >= 0.3 is 0 Å². The zero-order valence-corrected chi connectivity index (χ0v) is 12.3. The standard InChI is InChI=1S/C15H29N3/c1-15(16-2)6-8-18(9-7-15)14-10-12-4-5-13(11-14)17(12)3/h12-14,16H,4-11H2,1-3H3. The fourth-order valence-corrected chi connectivity index (χ4v) is 4.31. The number of hydrogen-bond donors (Lipinski definition) is 1. The molecule has 2 bridgehead atoms. The summed E-state index contributed by atoms with van der Waals surface area (Å²) >= 11 is 0. The molecule has 0 aromatic carbocycles. The lowest BCUT2D eigenvalue weighted by molar-refractivity contribution is 0.0451. The molecule has 0 aromatic heterocycles. The van der Waals surface area contributed by atoms with Crippen LogP contribution in [0.5, 0.6) is 0 Å². The highest BCUT2D eigenvalue weighted by Crippen LogP contribution is 2.37. The first-order valence-electron chi connectivity index (χ1n) is 7.76. The second kappa shape index (κ2) is 4.77. The van der Waals surface area contributed by atoms with Crippen molar-refractivity contribution in [2.24, 2.45) is 0 Å². The molecule has 2 unspecified atom stereocenters. The van der Waals surface area contributed by atoms with Gasteiger partial charge in [0.25, 0.3) is 0 Å². The quantitative estimate of drug-likeness (QED) is 0.806. The summed E-state index contributed by atoms with van der Waals surface area (Å²) in [5.41, 5.74) is 0.390. The lowest BCUT2D eigenvalue weighted by Gasteiger charge is -2.46. The molecular formula is C15H29N3. The molecule has 3 saturated heterocycles. The minimum absolute atomic E-state index is 0.390. The van der Waals surface area contributed by atoms with E-state index in [1.165, 1.54) is 51.6 Å². The van der Waals surface area contributed by atoms with Crippen LogP contribution in [0.3, 0.4) is 0 Å². The van der Waals surface area contributed by atoms with E-state index in [0.717, 1.165) is 18.1 Å². The van der Waals surface area contributed by atoms with Crippen molar-refractivity contribution < 1.29 is 0 Å². The van der Waals surface area contributed by atoms with Gasteiger partial charge in [-0.15, -0.1) is 0 Å². The molecule has 2 atom stereocenters. The van der Waals surface area contributed by atoms with Gasteiger partial charge in [0, 0.05) is 36.8 Å². The van der Waals surface area contributed by atoms with Crippen LogP contribution in [0, 0.1) is 0 Å². The van der Waals surface area contributed by atoms with Crippen molar-refractivity contribution in [2.75, 3.05) is 27.2 Å². The average Bonchev–Trinajstić information content (AvgIpc) is 2.62. The van der Waals surface area contributed by atoms with Gasteiger partial charge in [-0.1, -0.05) is 0 Å². The molecule has 0 amide bonds. The SMILES string of the molecule is CNC1(C)CCN(C2CC3CCC(C2)N3C)CC1. The van der Waals surface area contributed by atoms with Crippen molar-refractivity contribution in [2.45, 2.75) is 69.1 Å². The van der Waals surface area contributed by atoms with Crippen LogP contribution in [0.25, 0.3) is 0 Å². The number of nitrogens with one attached hydrogen (secondary N) is 1. The summed E-state index contributed by atoms with van der Waals surface area (Å²) in [6, 6.07) is 2.64. The number of rotatable bonds is 2. The average molecular weight is 251 g/mol. The van der Waals surface area contributed by atoms with E-state index in [0.29, 0.717) is 5.54 Å². The highest BCUT2D eigenvalue weighted by atomic mass is 15.2. The smallest absolute Gasteiger partial charge is 0.0174 e. The number of hydrogen-bond acceptors (Lipinski definition) is 3. The van der Waals surface area contributed by atoms with E-state index in [-0.39, 0.29) is 0 Å². The Labute approximate surface area is 112 Å². The third-order valence-electron chi connectivity index (χ3n) is 6.09. The van der Waals surface area contributed by atoms with Gasteiger partial charge in [-0.2, -0.15) is 0 Å². The molecule has 0 aromatic rings. The molecule has 0 radical (unpaired) electrons. The molecule has 1 N–H and O–H groups in total. The second-order valence-corrected chi connectivity index (χ2v) is 7.02. The summed E-state index contributed by atoms with van der Waals surface area (Å²) in [5.74, 6) is 0. The van der Waals surface area contributed by atoms with Crippen molar-refractivity contribution in [1.29, 1.82) is 0 Å². The van der Waals surface area contributed by atoms with Gasteiger partial charge in [-0.25, -0.2) is 0 Å². The Morgan fingerprint density at radius 1 is 1.00 bits per heavy atom. The molecule has 3 nitrogen and oxygen atoms in total. The van der Waals surface area contributed by atoms with Gasteiger partial charge in [-0.3, -0.25) is 0 Å². The summed E-state index contributed by atoms with van der Waals surface area (Å²) in [6.07, 6.45) is 8.35. The van der Waals surface area contributed by atoms with Crippen molar-refractivity contribution >= 4 is 0 Å². The third kappa shape index (κ3) is 2.21. The van der Waals surface area contributed by atoms with Crippen LogP contribution in [-0.2, 0) is 0 Å². The van der Waals surface area contributed by atoms with E-state index < -0.39 is 0 Å². The maximum absolute atomic E-state index is 3.51. The zero-order chi connectivity index (χ0) is 12.8. The summed E-state index contributed by atoms with van der Waals surface area (Å²) in [4.78, 5) is 5.44. The molecule has 3 aliphatic rings. The number of nitrogens with zero attached hydrogens (tertiary/aromatic N) is 2. The molecule has 0 spiro atoms. The fraction of sp³-hybridized carbons (Fsp3) is 1.00. The van der Waals surface area contributed by atoms with Gasteiger partial charge in [-0.05, 0) is 59.5 Å². The van der Waals surface area contributed by atoms with Crippen LogP contribution in [0.15, 0.2) is 0 Å². The topological polar surface area (TPSA) is 18.5 Å². The molecule has 18 heavy (non-hydrogen) atoms. The van der Waals surface area contributed by atoms with E-state index in [9.17, 15) is 0 Å². The molecule has 0 aliphatic carbocycles. The first-order valence-corrected chi connectivity index (χ1v) is 7.76. The van der Waals surface area contributed by atoms with E-state index >= 15 is 0 Å². The van der Waals surface area contributed by atoms with Crippen molar-refractivity contribution in [3.8, 4) is 0 Å². The Morgan fingerprint density at radius 2 is 1.56 bits per heavy atom. The van der Waals surface area contributed by atoms with Crippen LogP contribution < -0.4 is 5.32 Å². The Kier molecular flexibility index (Phi) is 3.41.